The van der Waals surface area contributed by atoms with E-state index in [2.05, 4.69) is 13.5 Å². The molecule has 0 aromatic heterocycles. The molecule has 0 aromatic rings. The molecule has 5 heteroatoms. The Morgan fingerprint density at radius 3 is 2.68 bits per heavy atom. The molecule has 0 aromatic carbocycles. The van der Waals surface area contributed by atoms with Crippen LogP contribution in [-0.4, -0.2) is 52.6 Å². The van der Waals surface area contributed by atoms with Crippen LogP contribution in [0.25, 0.3) is 0 Å². The van der Waals surface area contributed by atoms with E-state index in [0.717, 1.165) is 25.8 Å². The first-order valence-electron chi connectivity index (χ1n) is 6.87. The summed E-state index contributed by atoms with van der Waals surface area (Å²) in [7, 11) is 0. The van der Waals surface area contributed by atoms with Crippen molar-refractivity contribution >= 4 is 12.0 Å². The van der Waals surface area contributed by atoms with Gasteiger partial charge in [0.1, 0.15) is 6.54 Å². The van der Waals surface area contributed by atoms with Gasteiger partial charge in [-0.1, -0.05) is 19.4 Å². The van der Waals surface area contributed by atoms with Gasteiger partial charge in [-0.2, -0.15) is 0 Å². The molecule has 1 aliphatic rings. The number of carboxylic acid groups (broad SMARTS) is 1. The lowest BCUT2D eigenvalue weighted by atomic mass is 9.92. The summed E-state index contributed by atoms with van der Waals surface area (Å²) in [6.07, 6.45) is 4.74. The van der Waals surface area contributed by atoms with Crippen LogP contribution in [-0.2, 0) is 4.79 Å². The number of carbonyl (C=O) groups excluding carboxylic acids is 1. The molecule has 19 heavy (non-hydrogen) atoms. The van der Waals surface area contributed by atoms with E-state index in [1.54, 1.807) is 6.08 Å². The van der Waals surface area contributed by atoms with Gasteiger partial charge in [0.2, 0.25) is 0 Å². The summed E-state index contributed by atoms with van der Waals surface area (Å²) >= 11 is 0. The van der Waals surface area contributed by atoms with Crippen molar-refractivity contribution in [2.45, 2.75) is 39.2 Å². The molecular weight excluding hydrogens is 244 g/mol. The first-order valence-corrected chi connectivity index (χ1v) is 6.87. The van der Waals surface area contributed by atoms with E-state index in [9.17, 15) is 9.59 Å². The second kappa shape index (κ2) is 7.16. The number of carbonyl (C=O) groups is 2. The van der Waals surface area contributed by atoms with Crippen molar-refractivity contribution in [1.29, 1.82) is 0 Å². The normalized spacial score (nSPS) is 22.9. The van der Waals surface area contributed by atoms with Crippen molar-refractivity contribution in [3.05, 3.63) is 12.7 Å². The van der Waals surface area contributed by atoms with Gasteiger partial charge in [-0.15, -0.1) is 6.58 Å². The van der Waals surface area contributed by atoms with E-state index >= 15 is 0 Å². The Bertz CT molecular complexity index is 344. The predicted octanol–water partition coefficient (Wildman–Crippen LogP) is 2.19. The lowest BCUT2D eigenvalue weighted by Gasteiger charge is -2.40. The third kappa shape index (κ3) is 4.26. The molecule has 1 fully saturated rings. The SMILES string of the molecule is C=CCN(CC(=O)O)C(=O)N1CC(CC)CCC1C. The summed E-state index contributed by atoms with van der Waals surface area (Å²) in [4.78, 5) is 26.4. The average molecular weight is 268 g/mol. The van der Waals surface area contributed by atoms with Crippen LogP contribution in [0.15, 0.2) is 12.7 Å². The molecule has 5 nitrogen and oxygen atoms in total. The monoisotopic (exact) mass is 268 g/mol. The maximum absolute atomic E-state index is 12.4. The van der Waals surface area contributed by atoms with Gasteiger partial charge in [-0.05, 0) is 25.7 Å². The highest BCUT2D eigenvalue weighted by Crippen LogP contribution is 2.24. The number of rotatable bonds is 5. The van der Waals surface area contributed by atoms with Crippen LogP contribution in [0, 0.1) is 5.92 Å². The molecule has 2 amide bonds. The topological polar surface area (TPSA) is 60.9 Å². The highest BCUT2D eigenvalue weighted by Gasteiger charge is 2.31. The van der Waals surface area contributed by atoms with E-state index in [-0.39, 0.29) is 25.2 Å². The summed E-state index contributed by atoms with van der Waals surface area (Å²) in [5, 5.41) is 8.88. The molecule has 2 unspecified atom stereocenters. The van der Waals surface area contributed by atoms with Gasteiger partial charge in [0.25, 0.3) is 0 Å². The molecule has 0 spiro atoms. The molecule has 0 bridgehead atoms. The fraction of sp³-hybridized carbons (Fsp3) is 0.714. The van der Waals surface area contributed by atoms with Crippen LogP contribution in [0.4, 0.5) is 4.79 Å². The number of amides is 2. The summed E-state index contributed by atoms with van der Waals surface area (Å²) in [5.41, 5.74) is 0. The first kappa shape index (κ1) is 15.5. The zero-order valence-corrected chi connectivity index (χ0v) is 11.8. The predicted molar refractivity (Wildman–Crippen MR) is 74.0 cm³/mol. The molecule has 1 saturated heterocycles. The van der Waals surface area contributed by atoms with Crippen molar-refractivity contribution < 1.29 is 14.7 Å². The molecular formula is C14H24N2O3. The minimum Gasteiger partial charge on any atom is -0.480 e. The molecule has 108 valence electrons. The third-order valence-electron chi connectivity index (χ3n) is 3.75. The highest BCUT2D eigenvalue weighted by molar-refractivity contribution is 5.80. The lowest BCUT2D eigenvalue weighted by molar-refractivity contribution is -0.137. The van der Waals surface area contributed by atoms with Gasteiger partial charge in [-0.25, -0.2) is 4.79 Å². The third-order valence-corrected chi connectivity index (χ3v) is 3.75. The molecule has 1 heterocycles. The van der Waals surface area contributed by atoms with Crippen LogP contribution in [0.2, 0.25) is 0 Å². The summed E-state index contributed by atoms with van der Waals surface area (Å²) in [5.74, 6) is -0.470. The standard InChI is InChI=1S/C14H24N2O3/c1-4-8-15(10-13(17)18)14(19)16-9-12(5-2)7-6-11(16)3/h4,11-12H,1,5-10H2,2-3H3,(H,17,18). The van der Waals surface area contributed by atoms with Crippen LogP contribution in [0.5, 0.6) is 0 Å². The van der Waals surface area contributed by atoms with Gasteiger partial charge in [-0.3, -0.25) is 4.79 Å². The number of hydrogen-bond acceptors (Lipinski definition) is 2. The molecule has 1 aliphatic heterocycles. The van der Waals surface area contributed by atoms with Crippen molar-refractivity contribution in [3.63, 3.8) is 0 Å². The minimum absolute atomic E-state index is 0.177. The van der Waals surface area contributed by atoms with Gasteiger partial charge < -0.3 is 14.9 Å². The maximum Gasteiger partial charge on any atom is 0.323 e. The molecule has 0 radical (unpaired) electrons. The second-order valence-corrected chi connectivity index (χ2v) is 5.20. The summed E-state index contributed by atoms with van der Waals surface area (Å²) in [6, 6.07) is -0.00985. The maximum atomic E-state index is 12.4. The minimum atomic E-state index is -0.994. The number of aliphatic carboxylic acids is 1. The van der Waals surface area contributed by atoms with Crippen molar-refractivity contribution in [1.82, 2.24) is 9.80 Å². The van der Waals surface area contributed by atoms with Gasteiger partial charge in [0.15, 0.2) is 0 Å². The smallest absolute Gasteiger partial charge is 0.323 e. The molecule has 1 rings (SSSR count). The number of piperidine rings is 1. The number of nitrogens with zero attached hydrogens (tertiary/aromatic N) is 2. The zero-order valence-electron chi connectivity index (χ0n) is 11.8. The van der Waals surface area contributed by atoms with Crippen LogP contribution in [0.1, 0.15) is 33.1 Å². The molecule has 0 saturated carbocycles. The Kier molecular flexibility index (Phi) is 5.86. The van der Waals surface area contributed by atoms with Crippen molar-refractivity contribution in [3.8, 4) is 0 Å². The van der Waals surface area contributed by atoms with Gasteiger partial charge >= 0.3 is 12.0 Å². The molecule has 0 aliphatic carbocycles. The van der Waals surface area contributed by atoms with Gasteiger partial charge in [0.05, 0.1) is 0 Å². The van der Waals surface area contributed by atoms with Crippen LogP contribution < -0.4 is 0 Å². The van der Waals surface area contributed by atoms with Crippen molar-refractivity contribution in [2.24, 2.45) is 5.92 Å². The largest absolute Gasteiger partial charge is 0.480 e. The highest BCUT2D eigenvalue weighted by atomic mass is 16.4. The van der Waals surface area contributed by atoms with Crippen LogP contribution >= 0.6 is 0 Å². The number of likely N-dealkylation sites (tertiary alicyclic amines) is 1. The van der Waals surface area contributed by atoms with E-state index < -0.39 is 5.97 Å². The number of urea groups is 1. The Labute approximate surface area is 114 Å². The summed E-state index contributed by atoms with van der Waals surface area (Å²) in [6.45, 7) is 8.45. The van der Waals surface area contributed by atoms with Crippen LogP contribution in [0.3, 0.4) is 0 Å². The van der Waals surface area contributed by atoms with E-state index in [0.29, 0.717) is 5.92 Å². The van der Waals surface area contributed by atoms with E-state index in [1.165, 1.54) is 4.90 Å². The molecule has 2 atom stereocenters. The Balaban J connectivity index is 2.75. The fourth-order valence-electron chi connectivity index (χ4n) is 2.49. The fourth-order valence-corrected chi connectivity index (χ4v) is 2.49. The van der Waals surface area contributed by atoms with Gasteiger partial charge in [0, 0.05) is 19.1 Å². The lowest BCUT2D eigenvalue weighted by Crippen LogP contribution is -2.52. The molecule has 1 N–H and O–H groups in total. The number of carboxylic acids is 1. The second-order valence-electron chi connectivity index (χ2n) is 5.20. The van der Waals surface area contributed by atoms with E-state index in [4.69, 9.17) is 5.11 Å². The average Bonchev–Trinajstić information content (AvgIpc) is 2.37. The summed E-state index contributed by atoms with van der Waals surface area (Å²) < 4.78 is 0. The zero-order chi connectivity index (χ0) is 14.4. The Morgan fingerprint density at radius 2 is 2.16 bits per heavy atom. The quantitative estimate of drug-likeness (QED) is 0.777. The Morgan fingerprint density at radius 1 is 1.47 bits per heavy atom. The Hall–Kier alpha value is -1.52. The van der Waals surface area contributed by atoms with E-state index in [1.807, 2.05) is 11.8 Å². The first-order chi connectivity index (χ1) is 8.99. The van der Waals surface area contributed by atoms with Crippen molar-refractivity contribution in [2.75, 3.05) is 19.6 Å². The number of hydrogen-bond donors (Lipinski definition) is 1.